The molecule has 0 saturated heterocycles. The van der Waals surface area contributed by atoms with Gasteiger partial charge < -0.3 is 10.5 Å². The van der Waals surface area contributed by atoms with Gasteiger partial charge in [0.05, 0.1) is 5.69 Å². The van der Waals surface area contributed by atoms with Gasteiger partial charge in [0.2, 0.25) is 5.88 Å². The number of rotatable bonds is 7. The zero-order chi connectivity index (χ0) is 14.6. The third-order valence-electron chi connectivity index (χ3n) is 3.34. The fourth-order valence-electron chi connectivity index (χ4n) is 2.30. The van der Waals surface area contributed by atoms with E-state index in [1.165, 1.54) is 0 Å². The topological polar surface area (TPSA) is 56.3 Å². The summed E-state index contributed by atoms with van der Waals surface area (Å²) < 4.78 is 7.66. The van der Waals surface area contributed by atoms with Crippen molar-refractivity contribution in [3.8, 4) is 5.88 Å². The number of aromatic nitrogens is 2. The Morgan fingerprint density at radius 3 is 2.32 bits per heavy atom. The van der Waals surface area contributed by atoms with Gasteiger partial charge >= 0.3 is 0 Å². The Hall–Kier alpha value is -1.23. The average Bonchev–Trinajstić information content (AvgIpc) is 2.60. The van der Waals surface area contributed by atoms with Gasteiger partial charge in [-0.25, -0.2) is 4.68 Å². The van der Waals surface area contributed by atoms with Crippen molar-refractivity contribution in [1.82, 2.24) is 14.7 Å². The van der Waals surface area contributed by atoms with E-state index < -0.39 is 0 Å². The van der Waals surface area contributed by atoms with Crippen LogP contribution in [0.4, 0.5) is 5.69 Å². The Labute approximate surface area is 116 Å². The molecule has 0 spiro atoms. The van der Waals surface area contributed by atoms with Crippen LogP contribution in [0.5, 0.6) is 5.88 Å². The third kappa shape index (κ3) is 3.86. The maximum atomic E-state index is 5.99. The van der Waals surface area contributed by atoms with Crippen LogP contribution in [-0.4, -0.2) is 39.9 Å². The van der Waals surface area contributed by atoms with E-state index in [1.54, 1.807) is 0 Å². The van der Waals surface area contributed by atoms with Crippen molar-refractivity contribution in [1.29, 1.82) is 0 Å². The lowest BCUT2D eigenvalue weighted by Crippen LogP contribution is -2.39. The van der Waals surface area contributed by atoms with Gasteiger partial charge in [-0.15, -0.1) is 0 Å². The van der Waals surface area contributed by atoms with Crippen molar-refractivity contribution in [2.24, 2.45) is 0 Å². The quantitative estimate of drug-likeness (QED) is 0.824. The molecule has 0 fully saturated rings. The number of anilines is 1. The molecule has 5 nitrogen and oxygen atoms in total. The maximum Gasteiger partial charge on any atom is 0.236 e. The van der Waals surface area contributed by atoms with Crippen LogP contribution >= 0.6 is 0 Å². The number of ether oxygens (including phenoxy) is 1. The van der Waals surface area contributed by atoms with Crippen molar-refractivity contribution in [2.45, 2.75) is 60.2 Å². The van der Waals surface area contributed by atoms with E-state index in [9.17, 15) is 0 Å². The molecule has 0 unspecified atom stereocenters. The Kier molecular flexibility index (Phi) is 5.66. The summed E-state index contributed by atoms with van der Waals surface area (Å²) in [7, 11) is 0. The zero-order valence-electron chi connectivity index (χ0n) is 13.1. The van der Waals surface area contributed by atoms with Crippen LogP contribution in [-0.2, 0) is 6.54 Å². The zero-order valence-corrected chi connectivity index (χ0v) is 13.1. The second-order valence-corrected chi connectivity index (χ2v) is 5.39. The van der Waals surface area contributed by atoms with E-state index >= 15 is 0 Å². The predicted molar refractivity (Wildman–Crippen MR) is 79.5 cm³/mol. The Morgan fingerprint density at radius 1 is 1.26 bits per heavy atom. The van der Waals surface area contributed by atoms with Gasteiger partial charge in [0.1, 0.15) is 12.3 Å². The van der Waals surface area contributed by atoms with E-state index in [4.69, 9.17) is 10.5 Å². The van der Waals surface area contributed by atoms with Gasteiger partial charge in [-0.2, -0.15) is 5.10 Å². The first-order chi connectivity index (χ1) is 8.88. The largest absolute Gasteiger partial charge is 0.475 e. The standard InChI is InChI=1S/C14H28N4O/c1-7-18-14(13(15)12(6)16-18)19-9-8-17(10(2)3)11(4)5/h10-11H,7-9,15H2,1-6H3. The van der Waals surface area contributed by atoms with Crippen molar-refractivity contribution in [2.75, 3.05) is 18.9 Å². The molecule has 110 valence electrons. The SMILES string of the molecule is CCn1nc(C)c(N)c1OCCN(C(C)C)C(C)C. The van der Waals surface area contributed by atoms with Crippen LogP contribution in [0, 0.1) is 6.92 Å². The number of aryl methyl sites for hydroxylation is 2. The highest BCUT2D eigenvalue weighted by atomic mass is 16.5. The first kappa shape index (κ1) is 15.8. The van der Waals surface area contributed by atoms with Crippen LogP contribution in [0.1, 0.15) is 40.3 Å². The number of hydrogen-bond acceptors (Lipinski definition) is 4. The summed E-state index contributed by atoms with van der Waals surface area (Å²) in [4.78, 5) is 2.40. The number of nitrogens with zero attached hydrogens (tertiary/aromatic N) is 3. The molecule has 0 aliphatic rings. The van der Waals surface area contributed by atoms with Gasteiger partial charge in [0.25, 0.3) is 0 Å². The maximum absolute atomic E-state index is 5.99. The summed E-state index contributed by atoms with van der Waals surface area (Å²) >= 11 is 0. The fraction of sp³-hybridized carbons (Fsp3) is 0.786. The second kappa shape index (κ2) is 6.80. The lowest BCUT2D eigenvalue weighted by atomic mass is 10.2. The van der Waals surface area contributed by atoms with Crippen LogP contribution in [0.25, 0.3) is 0 Å². The molecule has 1 aromatic rings. The van der Waals surface area contributed by atoms with Crippen LogP contribution in [0.15, 0.2) is 0 Å². The summed E-state index contributed by atoms with van der Waals surface area (Å²) in [6, 6.07) is 1.03. The molecule has 0 atom stereocenters. The monoisotopic (exact) mass is 268 g/mol. The smallest absolute Gasteiger partial charge is 0.236 e. The molecule has 19 heavy (non-hydrogen) atoms. The highest BCUT2D eigenvalue weighted by molar-refractivity contribution is 5.52. The van der Waals surface area contributed by atoms with Crippen molar-refractivity contribution >= 4 is 5.69 Å². The van der Waals surface area contributed by atoms with Gasteiger partial charge in [0.15, 0.2) is 0 Å². The minimum absolute atomic E-state index is 0.513. The fourth-order valence-corrected chi connectivity index (χ4v) is 2.30. The van der Waals surface area contributed by atoms with E-state index in [-0.39, 0.29) is 0 Å². The first-order valence-corrected chi connectivity index (χ1v) is 7.09. The van der Waals surface area contributed by atoms with Crippen molar-refractivity contribution < 1.29 is 4.74 Å². The predicted octanol–water partition coefficient (Wildman–Crippen LogP) is 2.29. The van der Waals surface area contributed by atoms with Gasteiger partial charge in [0, 0.05) is 25.2 Å². The molecule has 1 heterocycles. The molecule has 0 saturated carbocycles. The van der Waals surface area contributed by atoms with Crippen molar-refractivity contribution in [3.05, 3.63) is 5.69 Å². The Balaban J connectivity index is 2.62. The number of nitrogen functional groups attached to an aromatic ring is 1. The van der Waals surface area contributed by atoms with E-state index in [1.807, 2.05) is 18.5 Å². The molecule has 0 aromatic carbocycles. The van der Waals surface area contributed by atoms with Gasteiger partial charge in [-0.1, -0.05) is 0 Å². The molecule has 5 heteroatoms. The van der Waals surface area contributed by atoms with Crippen LogP contribution in [0.2, 0.25) is 0 Å². The molecular formula is C14H28N4O. The molecule has 2 N–H and O–H groups in total. The molecular weight excluding hydrogens is 240 g/mol. The highest BCUT2D eigenvalue weighted by Gasteiger charge is 2.16. The van der Waals surface area contributed by atoms with Gasteiger partial charge in [-0.05, 0) is 41.5 Å². The second-order valence-electron chi connectivity index (χ2n) is 5.39. The lowest BCUT2D eigenvalue weighted by molar-refractivity contribution is 0.138. The summed E-state index contributed by atoms with van der Waals surface area (Å²) in [5, 5.41) is 4.35. The van der Waals surface area contributed by atoms with E-state index in [0.717, 1.165) is 18.8 Å². The Morgan fingerprint density at radius 2 is 1.84 bits per heavy atom. The molecule has 1 rings (SSSR count). The van der Waals surface area contributed by atoms with Crippen LogP contribution in [0.3, 0.4) is 0 Å². The minimum Gasteiger partial charge on any atom is -0.475 e. The molecule has 0 aliphatic heterocycles. The molecule has 0 amide bonds. The normalized spacial score (nSPS) is 11.8. The molecule has 0 bridgehead atoms. The first-order valence-electron chi connectivity index (χ1n) is 7.09. The Bertz CT molecular complexity index is 390. The lowest BCUT2D eigenvalue weighted by Gasteiger charge is -2.30. The van der Waals surface area contributed by atoms with E-state index in [0.29, 0.717) is 30.3 Å². The number of nitrogens with two attached hydrogens (primary N) is 1. The average molecular weight is 268 g/mol. The molecule has 0 aliphatic carbocycles. The molecule has 0 radical (unpaired) electrons. The minimum atomic E-state index is 0.513. The van der Waals surface area contributed by atoms with Gasteiger partial charge in [-0.3, -0.25) is 4.90 Å². The number of hydrogen-bond donors (Lipinski definition) is 1. The van der Waals surface area contributed by atoms with E-state index in [2.05, 4.69) is 37.7 Å². The van der Waals surface area contributed by atoms with Crippen molar-refractivity contribution in [3.63, 3.8) is 0 Å². The summed E-state index contributed by atoms with van der Waals surface area (Å²) in [6.45, 7) is 15.0. The third-order valence-corrected chi connectivity index (χ3v) is 3.34. The molecule has 1 aromatic heterocycles. The highest BCUT2D eigenvalue weighted by Crippen LogP contribution is 2.24. The summed E-state index contributed by atoms with van der Waals surface area (Å²) in [6.07, 6.45) is 0. The summed E-state index contributed by atoms with van der Waals surface area (Å²) in [5.74, 6) is 0.701. The summed E-state index contributed by atoms with van der Waals surface area (Å²) in [5.41, 5.74) is 7.48. The van der Waals surface area contributed by atoms with Crippen LogP contribution < -0.4 is 10.5 Å².